The third-order valence-electron chi connectivity index (χ3n) is 1.68. The summed E-state index contributed by atoms with van der Waals surface area (Å²) in [6.45, 7) is 0. The topological polar surface area (TPSA) is 84.2 Å². The molecule has 0 aliphatic heterocycles. The summed E-state index contributed by atoms with van der Waals surface area (Å²) in [4.78, 5) is 21.2. The van der Waals surface area contributed by atoms with Crippen LogP contribution in [0, 0.1) is 0 Å². The molecule has 1 aromatic heterocycles. The van der Waals surface area contributed by atoms with Crippen LogP contribution < -0.4 is 5.32 Å². The summed E-state index contributed by atoms with van der Waals surface area (Å²) in [6.07, 6.45) is -5.10. The Hall–Kier alpha value is -1.77. The smallest absolute Gasteiger partial charge is 0.471 e. The number of hydrogen-bond donors (Lipinski definition) is 2. The number of halogens is 4. The van der Waals surface area contributed by atoms with Gasteiger partial charge >= 0.3 is 18.1 Å². The summed E-state index contributed by atoms with van der Waals surface area (Å²) in [5.41, 5.74) is -0.647. The van der Waals surface area contributed by atoms with Crippen LogP contribution in [0.1, 0.15) is 10.5 Å². The van der Waals surface area contributed by atoms with Gasteiger partial charge in [0.05, 0.1) is 0 Å². The number of hydrogen-bond acceptors (Lipinski definition) is 3. The van der Waals surface area contributed by atoms with Crippen LogP contribution in [0.3, 0.4) is 0 Å². The van der Waals surface area contributed by atoms with Crippen LogP contribution in [0.25, 0.3) is 0 Å². The maximum absolute atomic E-state index is 12.0. The maximum Gasteiger partial charge on any atom is 0.471 e. The zero-order valence-electron chi connectivity index (χ0n) is 8.17. The van der Waals surface area contributed by atoms with Gasteiger partial charge in [-0.2, -0.15) is 18.3 Å². The first-order valence-electron chi connectivity index (χ1n) is 3.98. The standard InChI is InChI=1S/C7H5ClF3N3O3/c1-14-4(12-6(17)7(9,10)11)2(8)3(13-14)5(15)16/h1H3,(H,12,17)(H,15,16). The number of aryl methyl sites for hydroxylation is 1. The van der Waals surface area contributed by atoms with Crippen molar-refractivity contribution in [1.29, 1.82) is 0 Å². The number of carbonyl (C=O) groups is 2. The highest BCUT2D eigenvalue weighted by molar-refractivity contribution is 6.36. The maximum atomic E-state index is 12.0. The Labute approximate surface area is 97.0 Å². The number of nitrogens with zero attached hydrogens (tertiary/aromatic N) is 2. The molecule has 0 saturated carbocycles. The minimum atomic E-state index is -5.10. The second kappa shape index (κ2) is 4.24. The fourth-order valence-corrected chi connectivity index (χ4v) is 1.24. The van der Waals surface area contributed by atoms with Gasteiger partial charge in [0.25, 0.3) is 0 Å². The Bertz CT molecular complexity index is 483. The number of alkyl halides is 3. The zero-order chi connectivity index (χ0) is 13.4. The number of nitrogens with one attached hydrogen (secondary N) is 1. The number of aromatic carboxylic acids is 1. The van der Waals surface area contributed by atoms with Crippen LogP contribution >= 0.6 is 11.6 Å². The summed E-state index contributed by atoms with van der Waals surface area (Å²) in [5, 5.41) is 12.8. The Morgan fingerprint density at radius 2 is 2.00 bits per heavy atom. The molecule has 2 N–H and O–H groups in total. The van der Waals surface area contributed by atoms with Crippen LogP contribution in [0.15, 0.2) is 0 Å². The SMILES string of the molecule is Cn1nc(C(=O)O)c(Cl)c1NC(=O)C(F)(F)F. The first-order valence-corrected chi connectivity index (χ1v) is 4.36. The Balaban J connectivity index is 3.09. The molecule has 94 valence electrons. The van der Waals surface area contributed by atoms with Gasteiger partial charge in [-0.05, 0) is 0 Å². The average molecular weight is 272 g/mol. The number of aromatic nitrogens is 2. The molecule has 0 atom stereocenters. The van der Waals surface area contributed by atoms with E-state index in [-0.39, 0.29) is 0 Å². The van der Waals surface area contributed by atoms with E-state index in [4.69, 9.17) is 16.7 Å². The van der Waals surface area contributed by atoms with Crippen molar-refractivity contribution in [2.24, 2.45) is 7.05 Å². The minimum Gasteiger partial charge on any atom is -0.476 e. The second-order valence-corrected chi connectivity index (χ2v) is 3.27. The van der Waals surface area contributed by atoms with E-state index in [1.54, 1.807) is 0 Å². The number of carboxylic acids is 1. The van der Waals surface area contributed by atoms with Crippen molar-refractivity contribution in [1.82, 2.24) is 9.78 Å². The van der Waals surface area contributed by atoms with Crippen molar-refractivity contribution in [3.8, 4) is 0 Å². The normalized spacial score (nSPS) is 11.4. The molecule has 0 unspecified atom stereocenters. The summed E-state index contributed by atoms with van der Waals surface area (Å²) in [5.74, 6) is -4.32. The molecule has 1 heterocycles. The molecule has 1 amide bonds. The van der Waals surface area contributed by atoms with E-state index >= 15 is 0 Å². The molecule has 0 fully saturated rings. The van der Waals surface area contributed by atoms with E-state index in [1.807, 2.05) is 0 Å². The van der Waals surface area contributed by atoms with Gasteiger partial charge < -0.3 is 10.4 Å². The number of amides is 1. The Morgan fingerprint density at radius 3 is 2.35 bits per heavy atom. The third-order valence-corrected chi connectivity index (χ3v) is 2.04. The van der Waals surface area contributed by atoms with Crippen molar-refractivity contribution >= 4 is 29.3 Å². The Morgan fingerprint density at radius 1 is 1.47 bits per heavy atom. The molecule has 0 saturated heterocycles. The number of rotatable bonds is 2. The Kier molecular flexibility index (Phi) is 3.32. The first kappa shape index (κ1) is 13.3. The van der Waals surface area contributed by atoms with E-state index in [2.05, 4.69) is 5.10 Å². The van der Waals surface area contributed by atoms with Gasteiger partial charge in [0.15, 0.2) is 11.5 Å². The molecular weight excluding hydrogens is 267 g/mol. The lowest BCUT2D eigenvalue weighted by Crippen LogP contribution is -2.30. The highest BCUT2D eigenvalue weighted by Gasteiger charge is 2.40. The summed E-state index contributed by atoms with van der Waals surface area (Å²) >= 11 is 5.47. The molecular formula is C7H5ClF3N3O3. The van der Waals surface area contributed by atoms with E-state index in [9.17, 15) is 22.8 Å². The van der Waals surface area contributed by atoms with Crippen molar-refractivity contribution in [3.05, 3.63) is 10.7 Å². The summed E-state index contributed by atoms with van der Waals surface area (Å²) < 4.78 is 36.6. The van der Waals surface area contributed by atoms with Gasteiger partial charge in [-0.3, -0.25) is 9.48 Å². The average Bonchev–Trinajstić information content (AvgIpc) is 2.44. The number of anilines is 1. The number of carbonyl (C=O) groups excluding carboxylic acids is 1. The third kappa shape index (κ3) is 2.67. The fraction of sp³-hybridized carbons (Fsp3) is 0.286. The van der Waals surface area contributed by atoms with Crippen molar-refractivity contribution in [2.75, 3.05) is 5.32 Å². The monoisotopic (exact) mass is 271 g/mol. The molecule has 0 bridgehead atoms. The van der Waals surface area contributed by atoms with Gasteiger partial charge in [0.1, 0.15) is 5.02 Å². The van der Waals surface area contributed by atoms with E-state index in [0.717, 1.165) is 11.7 Å². The first-order chi connectivity index (χ1) is 7.64. The molecule has 1 rings (SSSR count). The largest absolute Gasteiger partial charge is 0.476 e. The van der Waals surface area contributed by atoms with Gasteiger partial charge in [-0.15, -0.1) is 0 Å². The van der Waals surface area contributed by atoms with Crippen molar-refractivity contribution < 1.29 is 27.9 Å². The predicted molar refractivity (Wildman–Crippen MR) is 49.9 cm³/mol. The molecule has 0 aromatic carbocycles. The van der Waals surface area contributed by atoms with Gasteiger partial charge in [0.2, 0.25) is 0 Å². The van der Waals surface area contributed by atoms with Crippen LogP contribution in [0.4, 0.5) is 19.0 Å². The van der Waals surface area contributed by atoms with Gasteiger partial charge in [-0.25, -0.2) is 4.79 Å². The minimum absolute atomic E-state index is 0.536. The molecule has 0 aliphatic rings. The highest BCUT2D eigenvalue weighted by Crippen LogP contribution is 2.27. The second-order valence-electron chi connectivity index (χ2n) is 2.89. The molecule has 6 nitrogen and oxygen atoms in total. The molecule has 1 aromatic rings. The molecule has 0 aliphatic carbocycles. The molecule has 0 radical (unpaired) electrons. The van der Waals surface area contributed by atoms with E-state index in [1.165, 1.54) is 5.32 Å². The van der Waals surface area contributed by atoms with Crippen LogP contribution in [0.2, 0.25) is 5.02 Å². The highest BCUT2D eigenvalue weighted by atomic mass is 35.5. The van der Waals surface area contributed by atoms with E-state index in [0.29, 0.717) is 0 Å². The predicted octanol–water partition coefficient (Wildman–Crippen LogP) is 1.27. The van der Waals surface area contributed by atoms with Crippen LogP contribution in [-0.4, -0.2) is 32.9 Å². The molecule has 17 heavy (non-hydrogen) atoms. The summed E-state index contributed by atoms with van der Waals surface area (Å²) in [6, 6.07) is 0. The quantitative estimate of drug-likeness (QED) is 0.848. The van der Waals surface area contributed by atoms with Crippen molar-refractivity contribution in [2.45, 2.75) is 6.18 Å². The lowest BCUT2D eigenvalue weighted by molar-refractivity contribution is -0.167. The molecule has 0 spiro atoms. The molecule has 10 heteroatoms. The number of carboxylic acid groups (broad SMARTS) is 1. The van der Waals surface area contributed by atoms with Crippen LogP contribution in [0.5, 0.6) is 0 Å². The zero-order valence-corrected chi connectivity index (χ0v) is 8.93. The summed E-state index contributed by atoms with van der Waals surface area (Å²) in [7, 11) is 1.14. The van der Waals surface area contributed by atoms with Crippen LogP contribution in [-0.2, 0) is 11.8 Å². The fourth-order valence-electron chi connectivity index (χ4n) is 0.949. The lowest BCUT2D eigenvalue weighted by Gasteiger charge is -2.07. The lowest BCUT2D eigenvalue weighted by atomic mass is 10.4. The van der Waals surface area contributed by atoms with Gasteiger partial charge in [0, 0.05) is 7.05 Å². The van der Waals surface area contributed by atoms with Gasteiger partial charge in [-0.1, -0.05) is 11.6 Å². The van der Waals surface area contributed by atoms with Crippen molar-refractivity contribution in [3.63, 3.8) is 0 Å². The van der Waals surface area contributed by atoms with E-state index < -0.39 is 34.6 Å².